The van der Waals surface area contributed by atoms with Crippen LogP contribution in [0.25, 0.3) is 0 Å². The van der Waals surface area contributed by atoms with Crippen LogP contribution in [-0.2, 0) is 11.8 Å². The Bertz CT molecular complexity index is 568. The third-order valence-electron chi connectivity index (χ3n) is 2.27. The number of esters is 1. The Morgan fingerprint density at radius 1 is 1.29 bits per heavy atom. The standard InChI is InChI=1S/C11H10N2O4/c1-13-7(5-6-12-13)10(14)8-3-4-9(17-8)11(15)16-2/h3-6H,1-2H3. The third kappa shape index (κ3) is 1.96. The van der Waals surface area contributed by atoms with E-state index < -0.39 is 5.97 Å². The van der Waals surface area contributed by atoms with E-state index in [2.05, 4.69) is 9.84 Å². The first kappa shape index (κ1) is 11.1. The van der Waals surface area contributed by atoms with Crippen LogP contribution in [0.1, 0.15) is 26.8 Å². The van der Waals surface area contributed by atoms with Gasteiger partial charge in [-0.25, -0.2) is 4.79 Å². The first-order valence-electron chi connectivity index (χ1n) is 4.84. The van der Waals surface area contributed by atoms with Gasteiger partial charge in [0.05, 0.1) is 7.11 Å². The molecule has 0 bridgehead atoms. The van der Waals surface area contributed by atoms with Crippen LogP contribution in [0, 0.1) is 0 Å². The van der Waals surface area contributed by atoms with Gasteiger partial charge < -0.3 is 9.15 Å². The quantitative estimate of drug-likeness (QED) is 0.585. The van der Waals surface area contributed by atoms with Gasteiger partial charge in [-0.15, -0.1) is 0 Å². The molecule has 2 heterocycles. The lowest BCUT2D eigenvalue weighted by Crippen LogP contribution is -2.07. The predicted molar refractivity (Wildman–Crippen MR) is 56.7 cm³/mol. The Kier molecular flexibility index (Phi) is 2.78. The zero-order valence-electron chi connectivity index (χ0n) is 9.34. The first-order valence-corrected chi connectivity index (χ1v) is 4.84. The number of ether oxygens (including phenoxy) is 1. The highest BCUT2D eigenvalue weighted by molar-refractivity contribution is 6.06. The van der Waals surface area contributed by atoms with Crippen LogP contribution < -0.4 is 0 Å². The smallest absolute Gasteiger partial charge is 0.373 e. The van der Waals surface area contributed by atoms with Gasteiger partial charge >= 0.3 is 5.97 Å². The zero-order chi connectivity index (χ0) is 12.4. The molecule has 0 amide bonds. The molecule has 88 valence electrons. The van der Waals surface area contributed by atoms with Gasteiger partial charge in [-0.2, -0.15) is 5.10 Å². The van der Waals surface area contributed by atoms with Crippen molar-refractivity contribution in [2.24, 2.45) is 7.05 Å². The molecule has 0 radical (unpaired) electrons. The van der Waals surface area contributed by atoms with Crippen LogP contribution in [0.5, 0.6) is 0 Å². The number of ketones is 1. The van der Waals surface area contributed by atoms with Crippen molar-refractivity contribution in [3.05, 3.63) is 41.6 Å². The van der Waals surface area contributed by atoms with Crippen molar-refractivity contribution in [2.45, 2.75) is 0 Å². The van der Waals surface area contributed by atoms with Gasteiger partial charge in [0.25, 0.3) is 0 Å². The highest BCUT2D eigenvalue weighted by atomic mass is 16.5. The minimum Gasteiger partial charge on any atom is -0.463 e. The fraction of sp³-hybridized carbons (Fsp3) is 0.182. The van der Waals surface area contributed by atoms with E-state index in [4.69, 9.17) is 4.42 Å². The molecule has 0 fully saturated rings. The molecule has 0 aliphatic carbocycles. The normalized spacial score (nSPS) is 10.2. The number of carbonyl (C=O) groups excluding carboxylic acids is 2. The Morgan fingerprint density at radius 2 is 2.00 bits per heavy atom. The molecule has 2 rings (SSSR count). The molecule has 0 aliphatic rings. The maximum absolute atomic E-state index is 11.9. The number of furan rings is 1. The van der Waals surface area contributed by atoms with E-state index in [1.807, 2.05) is 0 Å². The molecule has 0 saturated heterocycles. The Balaban J connectivity index is 2.30. The molecule has 0 atom stereocenters. The Labute approximate surface area is 96.8 Å². The molecule has 0 unspecified atom stereocenters. The van der Waals surface area contributed by atoms with Crippen LogP contribution in [0.2, 0.25) is 0 Å². The molecule has 2 aromatic heterocycles. The third-order valence-corrected chi connectivity index (χ3v) is 2.27. The first-order chi connectivity index (χ1) is 8.13. The van der Waals surface area contributed by atoms with Crippen molar-refractivity contribution in [3.63, 3.8) is 0 Å². The van der Waals surface area contributed by atoms with E-state index in [0.29, 0.717) is 5.69 Å². The maximum Gasteiger partial charge on any atom is 0.373 e. The molecule has 2 aromatic rings. The number of methoxy groups -OCH3 is 1. The summed E-state index contributed by atoms with van der Waals surface area (Å²) < 4.78 is 11.0. The molecule has 0 aliphatic heterocycles. The summed E-state index contributed by atoms with van der Waals surface area (Å²) in [5.74, 6) is -0.874. The molecule has 0 saturated carbocycles. The van der Waals surface area contributed by atoms with Crippen LogP contribution in [0.4, 0.5) is 0 Å². The molecule has 0 spiro atoms. The Hall–Kier alpha value is -2.37. The second kappa shape index (κ2) is 4.25. The lowest BCUT2D eigenvalue weighted by molar-refractivity contribution is 0.0563. The minimum absolute atomic E-state index is 0.00183. The lowest BCUT2D eigenvalue weighted by Gasteiger charge is -1.97. The van der Waals surface area contributed by atoms with Crippen LogP contribution >= 0.6 is 0 Å². The van der Waals surface area contributed by atoms with Crippen molar-refractivity contribution < 1.29 is 18.7 Å². The van der Waals surface area contributed by atoms with Crippen molar-refractivity contribution in [2.75, 3.05) is 7.11 Å². The van der Waals surface area contributed by atoms with Gasteiger partial charge in [0.2, 0.25) is 11.5 Å². The summed E-state index contributed by atoms with van der Waals surface area (Å²) in [7, 11) is 2.89. The second-order valence-corrected chi connectivity index (χ2v) is 3.32. The van der Waals surface area contributed by atoms with Gasteiger partial charge in [-0.3, -0.25) is 9.48 Å². The highest BCUT2D eigenvalue weighted by Crippen LogP contribution is 2.13. The van der Waals surface area contributed by atoms with Crippen LogP contribution in [0.15, 0.2) is 28.8 Å². The molecule has 6 heteroatoms. The largest absolute Gasteiger partial charge is 0.463 e. The van der Waals surface area contributed by atoms with E-state index in [-0.39, 0.29) is 17.3 Å². The van der Waals surface area contributed by atoms with Gasteiger partial charge in [-0.1, -0.05) is 0 Å². The number of rotatable bonds is 3. The van der Waals surface area contributed by atoms with Gasteiger partial charge in [0.15, 0.2) is 5.76 Å². The summed E-state index contributed by atoms with van der Waals surface area (Å²) in [6, 6.07) is 4.40. The molecule has 0 N–H and O–H groups in total. The van der Waals surface area contributed by atoms with Gasteiger partial charge in [0, 0.05) is 13.2 Å². The summed E-state index contributed by atoms with van der Waals surface area (Å²) in [6.07, 6.45) is 1.51. The maximum atomic E-state index is 11.9. The van der Waals surface area contributed by atoms with E-state index >= 15 is 0 Å². The number of aryl methyl sites for hydroxylation is 1. The fourth-order valence-electron chi connectivity index (χ4n) is 1.39. The van der Waals surface area contributed by atoms with Gasteiger partial charge in [-0.05, 0) is 18.2 Å². The number of aromatic nitrogens is 2. The molecule has 17 heavy (non-hydrogen) atoms. The van der Waals surface area contributed by atoms with Crippen molar-refractivity contribution in [1.82, 2.24) is 9.78 Å². The summed E-state index contributed by atoms with van der Waals surface area (Å²) in [5, 5.41) is 3.88. The number of carbonyl (C=O) groups is 2. The van der Waals surface area contributed by atoms with Crippen molar-refractivity contribution >= 4 is 11.8 Å². The van der Waals surface area contributed by atoms with E-state index in [1.165, 1.54) is 30.1 Å². The zero-order valence-corrected chi connectivity index (χ0v) is 9.34. The molecule has 0 aromatic carbocycles. The fourth-order valence-corrected chi connectivity index (χ4v) is 1.39. The van der Waals surface area contributed by atoms with Gasteiger partial charge in [0.1, 0.15) is 5.69 Å². The summed E-state index contributed by atoms with van der Waals surface area (Å²) in [5.41, 5.74) is 0.385. The predicted octanol–water partition coefficient (Wildman–Crippen LogP) is 1.03. The van der Waals surface area contributed by atoms with Crippen LogP contribution in [-0.4, -0.2) is 28.6 Å². The van der Waals surface area contributed by atoms with Crippen LogP contribution in [0.3, 0.4) is 0 Å². The minimum atomic E-state index is -0.617. The second-order valence-electron chi connectivity index (χ2n) is 3.32. The van der Waals surface area contributed by atoms with E-state index in [9.17, 15) is 9.59 Å². The van der Waals surface area contributed by atoms with Crippen molar-refractivity contribution in [1.29, 1.82) is 0 Å². The lowest BCUT2D eigenvalue weighted by atomic mass is 10.2. The molecular formula is C11H10N2O4. The topological polar surface area (TPSA) is 74.3 Å². The summed E-state index contributed by atoms with van der Waals surface area (Å²) >= 11 is 0. The average Bonchev–Trinajstić information content (AvgIpc) is 2.95. The summed E-state index contributed by atoms with van der Waals surface area (Å²) in [4.78, 5) is 23.1. The van der Waals surface area contributed by atoms with Crippen molar-refractivity contribution in [3.8, 4) is 0 Å². The average molecular weight is 234 g/mol. The SMILES string of the molecule is COC(=O)c1ccc(C(=O)c2ccnn2C)o1. The monoisotopic (exact) mass is 234 g/mol. The number of hydrogen-bond acceptors (Lipinski definition) is 5. The molecular weight excluding hydrogens is 224 g/mol. The number of nitrogens with zero attached hydrogens (tertiary/aromatic N) is 2. The van der Waals surface area contributed by atoms with E-state index in [0.717, 1.165) is 0 Å². The molecule has 6 nitrogen and oxygen atoms in total. The highest BCUT2D eigenvalue weighted by Gasteiger charge is 2.19. The number of hydrogen-bond donors (Lipinski definition) is 0. The van der Waals surface area contributed by atoms with E-state index in [1.54, 1.807) is 13.1 Å². The summed E-state index contributed by atoms with van der Waals surface area (Å²) in [6.45, 7) is 0. The Morgan fingerprint density at radius 3 is 2.59 bits per heavy atom.